The molecule has 0 fully saturated rings. The zero-order chi connectivity index (χ0) is 22.4. The number of carbonyl (C=O) groups is 2. The predicted octanol–water partition coefficient (Wildman–Crippen LogP) is 6.20. The van der Waals surface area contributed by atoms with Crippen molar-refractivity contribution in [3.63, 3.8) is 0 Å². The quantitative estimate of drug-likeness (QED) is 0.351. The number of carbonyl (C=O) groups excluding carboxylic acids is 2. The Kier molecular flexibility index (Phi) is 5.02. The van der Waals surface area contributed by atoms with Gasteiger partial charge in [-0.1, -0.05) is 50.2 Å². The molecule has 0 amide bonds. The van der Waals surface area contributed by atoms with Gasteiger partial charge in [-0.3, -0.25) is 9.59 Å². The van der Waals surface area contributed by atoms with Gasteiger partial charge in [-0.05, 0) is 45.8 Å². The number of rotatable bonds is 4. The van der Waals surface area contributed by atoms with Crippen LogP contribution in [0.4, 0.5) is 0 Å². The van der Waals surface area contributed by atoms with Crippen molar-refractivity contribution in [2.24, 2.45) is 0 Å². The van der Waals surface area contributed by atoms with Crippen LogP contribution < -0.4 is 8.37 Å². The first-order valence-electron chi connectivity index (χ1n) is 10.5. The van der Waals surface area contributed by atoms with E-state index in [0.717, 1.165) is 32.7 Å². The number of fused-ring (bicyclic) bond motifs is 7. The van der Waals surface area contributed by atoms with E-state index in [1.165, 1.54) is 0 Å². The summed E-state index contributed by atoms with van der Waals surface area (Å²) in [6.45, 7) is 3.67. The fourth-order valence-electron chi connectivity index (χ4n) is 4.19. The van der Waals surface area contributed by atoms with E-state index in [9.17, 15) is 13.8 Å². The Balaban J connectivity index is 1.84. The lowest BCUT2D eigenvalue weighted by molar-refractivity contribution is 0.0980. The van der Waals surface area contributed by atoms with E-state index >= 15 is 0 Å². The van der Waals surface area contributed by atoms with E-state index in [2.05, 4.69) is 0 Å². The van der Waals surface area contributed by atoms with Crippen LogP contribution in [0.25, 0.3) is 32.7 Å². The molecule has 5 nitrogen and oxygen atoms in total. The molecule has 0 aromatic heterocycles. The van der Waals surface area contributed by atoms with Gasteiger partial charge >= 0.3 is 11.4 Å². The van der Waals surface area contributed by atoms with Gasteiger partial charge in [0.25, 0.3) is 0 Å². The van der Waals surface area contributed by atoms with Gasteiger partial charge in [-0.2, -0.15) is 4.21 Å². The smallest absolute Gasteiger partial charge is 0.370 e. The van der Waals surface area contributed by atoms with Crippen molar-refractivity contribution in [1.82, 2.24) is 0 Å². The third-order valence-corrected chi connectivity index (χ3v) is 6.45. The van der Waals surface area contributed by atoms with Crippen LogP contribution in [0, 0.1) is 0 Å². The molecule has 0 bridgehead atoms. The molecule has 0 radical (unpaired) electrons. The van der Waals surface area contributed by atoms with E-state index in [1.54, 1.807) is 24.3 Å². The second-order valence-electron chi connectivity index (χ2n) is 7.67. The highest BCUT2D eigenvalue weighted by Crippen LogP contribution is 2.47. The van der Waals surface area contributed by atoms with E-state index in [4.69, 9.17) is 8.37 Å². The van der Waals surface area contributed by atoms with Gasteiger partial charge < -0.3 is 8.37 Å². The van der Waals surface area contributed by atoms with E-state index in [1.807, 2.05) is 50.2 Å². The fourth-order valence-corrected chi connectivity index (χ4v) is 4.80. The van der Waals surface area contributed by atoms with Crippen molar-refractivity contribution in [3.8, 4) is 22.6 Å². The average Bonchev–Trinajstić information content (AvgIpc) is 2.97. The van der Waals surface area contributed by atoms with Crippen LogP contribution in [-0.4, -0.2) is 15.8 Å². The first-order chi connectivity index (χ1) is 15.5. The van der Waals surface area contributed by atoms with Gasteiger partial charge in [0.05, 0.1) is 0 Å². The van der Waals surface area contributed by atoms with Crippen LogP contribution in [-0.2, 0) is 11.4 Å². The highest BCUT2D eigenvalue weighted by atomic mass is 32.2. The molecule has 6 heteroatoms. The van der Waals surface area contributed by atoms with Crippen LogP contribution in [0.1, 0.15) is 47.4 Å². The first-order valence-corrected chi connectivity index (χ1v) is 11.5. The summed E-state index contributed by atoms with van der Waals surface area (Å²) in [6.07, 6.45) is 0.858. The summed E-state index contributed by atoms with van der Waals surface area (Å²) in [5, 5.41) is 3.47. The van der Waals surface area contributed by atoms with Crippen molar-refractivity contribution in [2.45, 2.75) is 26.7 Å². The summed E-state index contributed by atoms with van der Waals surface area (Å²) in [4.78, 5) is 24.4. The molecule has 4 aromatic rings. The van der Waals surface area contributed by atoms with Gasteiger partial charge in [0, 0.05) is 35.1 Å². The average molecular weight is 445 g/mol. The number of hydrogen-bond acceptors (Lipinski definition) is 5. The molecule has 4 aromatic carbocycles. The lowest BCUT2D eigenvalue weighted by Gasteiger charge is -2.14. The predicted molar refractivity (Wildman–Crippen MR) is 126 cm³/mol. The topological polar surface area (TPSA) is 69.7 Å². The molecular formula is C26H20O5S. The number of benzene rings is 4. The summed E-state index contributed by atoms with van der Waals surface area (Å²) in [7, 11) is 0. The lowest BCUT2D eigenvalue weighted by atomic mass is 9.90. The van der Waals surface area contributed by atoms with Gasteiger partial charge in [-0.25, -0.2) is 0 Å². The Morgan fingerprint density at radius 3 is 1.53 bits per heavy atom. The molecule has 0 saturated carbocycles. The Hall–Kier alpha value is -3.51. The SMILES string of the molecule is CCC(=O)c1ccc2c3c(ccc2c1)OS(=O)Oc1ccc2cc(C(=O)CC)ccc2c1-3. The molecule has 0 saturated heterocycles. The van der Waals surface area contributed by atoms with Gasteiger partial charge in [0.2, 0.25) is 0 Å². The molecule has 1 aliphatic rings. The summed E-state index contributed by atoms with van der Waals surface area (Å²) in [6, 6.07) is 18.3. The molecule has 32 heavy (non-hydrogen) atoms. The minimum absolute atomic E-state index is 0.0708. The van der Waals surface area contributed by atoms with Crippen molar-refractivity contribution in [2.75, 3.05) is 0 Å². The van der Waals surface area contributed by atoms with Crippen molar-refractivity contribution < 1.29 is 22.2 Å². The highest BCUT2D eigenvalue weighted by Gasteiger charge is 2.26. The van der Waals surface area contributed by atoms with Crippen LogP contribution in [0.15, 0.2) is 60.7 Å². The fraction of sp³-hybridized carbons (Fsp3) is 0.154. The first kappa shape index (κ1) is 20.4. The lowest BCUT2D eigenvalue weighted by Crippen LogP contribution is -2.06. The van der Waals surface area contributed by atoms with Crippen LogP contribution >= 0.6 is 0 Å². The largest absolute Gasteiger partial charge is 0.417 e. The molecule has 1 heterocycles. The van der Waals surface area contributed by atoms with Gasteiger partial charge in [0.15, 0.2) is 23.1 Å². The zero-order valence-corrected chi connectivity index (χ0v) is 18.5. The van der Waals surface area contributed by atoms with E-state index in [0.29, 0.717) is 35.5 Å². The Bertz CT molecular complexity index is 1340. The molecular weight excluding hydrogens is 424 g/mol. The molecule has 160 valence electrons. The monoisotopic (exact) mass is 444 g/mol. The molecule has 0 unspecified atom stereocenters. The van der Waals surface area contributed by atoms with Crippen LogP contribution in [0.3, 0.4) is 0 Å². The molecule has 0 aliphatic carbocycles. The van der Waals surface area contributed by atoms with E-state index < -0.39 is 11.4 Å². The third kappa shape index (κ3) is 3.28. The maximum Gasteiger partial charge on any atom is 0.417 e. The number of Topliss-reactive ketones (excluding diaryl/α,β-unsaturated/α-hetero) is 2. The highest BCUT2D eigenvalue weighted by molar-refractivity contribution is 7.76. The molecule has 1 aliphatic heterocycles. The van der Waals surface area contributed by atoms with Crippen molar-refractivity contribution in [3.05, 3.63) is 71.8 Å². The van der Waals surface area contributed by atoms with Gasteiger partial charge in [0.1, 0.15) is 0 Å². The molecule has 5 rings (SSSR count). The van der Waals surface area contributed by atoms with Gasteiger partial charge in [-0.15, -0.1) is 0 Å². The van der Waals surface area contributed by atoms with Crippen molar-refractivity contribution in [1.29, 1.82) is 0 Å². The van der Waals surface area contributed by atoms with Crippen LogP contribution in [0.2, 0.25) is 0 Å². The third-order valence-electron chi connectivity index (χ3n) is 5.81. The summed E-state index contributed by atoms with van der Waals surface area (Å²) in [5.41, 5.74) is 2.79. The van der Waals surface area contributed by atoms with E-state index in [-0.39, 0.29) is 11.6 Å². The van der Waals surface area contributed by atoms with Crippen molar-refractivity contribution >= 4 is 44.5 Å². The second-order valence-corrected chi connectivity index (χ2v) is 8.42. The molecule has 0 spiro atoms. The minimum Gasteiger partial charge on any atom is -0.370 e. The second kappa shape index (κ2) is 7.88. The standard InChI is InChI=1S/C26H20O5S/c1-3-21(27)17-5-9-19-15(13-17)7-11-23-25(19)26-20-10-6-18(22(28)4-2)14-16(20)8-12-24(26)31-32(29)30-23/h5-14H,3-4H2,1-2H3. The van der Waals surface area contributed by atoms with Crippen LogP contribution in [0.5, 0.6) is 11.5 Å². The Morgan fingerprint density at radius 2 is 1.12 bits per heavy atom. The maximum atomic E-state index is 12.4. The zero-order valence-electron chi connectivity index (χ0n) is 17.6. The summed E-state index contributed by atoms with van der Waals surface area (Å²) >= 11 is -2.00. The maximum absolute atomic E-state index is 12.4. The Labute approximate surface area is 187 Å². The summed E-state index contributed by atoms with van der Waals surface area (Å²) in [5.74, 6) is 1.01. The normalized spacial score (nSPS) is 13.1. The minimum atomic E-state index is -2.00. The number of ketones is 2. The summed E-state index contributed by atoms with van der Waals surface area (Å²) < 4.78 is 23.6. The molecule has 0 N–H and O–H groups in total. The number of hydrogen-bond donors (Lipinski definition) is 0. The Morgan fingerprint density at radius 1 is 0.688 bits per heavy atom. The molecule has 0 atom stereocenters.